The molecule has 3 aromatic heterocycles. The lowest BCUT2D eigenvalue weighted by molar-refractivity contribution is 0.0145. The first-order chi connectivity index (χ1) is 20.6. The fraction of sp³-hybridized carbons (Fsp3) is 0.250. The van der Waals surface area contributed by atoms with E-state index in [1.807, 2.05) is 26.0 Å². The van der Waals surface area contributed by atoms with Gasteiger partial charge < -0.3 is 24.5 Å². The highest BCUT2D eigenvalue weighted by atomic mass is 35.5. The van der Waals surface area contributed by atoms with Crippen molar-refractivity contribution in [1.29, 1.82) is 0 Å². The maximum atomic E-state index is 14.1. The number of nitrogens with one attached hydrogen (secondary N) is 1. The Labute approximate surface area is 252 Å². The average Bonchev–Trinajstić information content (AvgIpc) is 3.63. The third-order valence-electron chi connectivity index (χ3n) is 7.65. The average molecular weight is 602 g/mol. The molecule has 6 rings (SSSR count). The standard InChI is InChI=1S/C32H29ClFN5O4/c1-31(2)17-43-29-22(31)14-26(38-28(29)20-6-7-24(34)23(33)12-20)32(41,16-39-10-9-35-18-39)15-37-30(40)21-11-19-5-4-8-36-27(19)25(13-21)42-3/h4-14,18,41H,15-17H2,1-3H3,(H,37,40). The minimum absolute atomic E-state index is 0.0366. The SMILES string of the molecule is COc1cc(C(=O)NCC(O)(Cn2ccnc2)c2cc3c(c(-c4ccc(F)c(Cl)c4)n2)OCC3(C)C)cc2cccnc12. The van der Waals surface area contributed by atoms with Crippen LogP contribution in [0.4, 0.5) is 4.39 Å². The van der Waals surface area contributed by atoms with Crippen molar-refractivity contribution in [2.75, 3.05) is 20.3 Å². The molecule has 1 atom stereocenters. The van der Waals surface area contributed by atoms with Gasteiger partial charge in [-0.3, -0.25) is 9.78 Å². The van der Waals surface area contributed by atoms with Crippen LogP contribution in [0.15, 0.2) is 73.4 Å². The molecule has 43 heavy (non-hydrogen) atoms. The zero-order valence-corrected chi connectivity index (χ0v) is 24.5. The van der Waals surface area contributed by atoms with Crippen molar-refractivity contribution in [2.24, 2.45) is 0 Å². The van der Waals surface area contributed by atoms with Crippen molar-refractivity contribution < 1.29 is 23.8 Å². The molecular formula is C32H29ClFN5O4. The van der Waals surface area contributed by atoms with Crippen LogP contribution < -0.4 is 14.8 Å². The number of benzene rings is 2. The summed E-state index contributed by atoms with van der Waals surface area (Å²) >= 11 is 6.13. The van der Waals surface area contributed by atoms with Gasteiger partial charge in [0.1, 0.15) is 34.1 Å². The Morgan fingerprint density at radius 2 is 2.07 bits per heavy atom. The predicted octanol–water partition coefficient (Wildman–Crippen LogP) is 5.28. The topological polar surface area (TPSA) is 111 Å². The van der Waals surface area contributed by atoms with Gasteiger partial charge in [0.2, 0.25) is 0 Å². The first-order valence-corrected chi connectivity index (χ1v) is 14.0. The number of carbonyl (C=O) groups excluding carboxylic acids is 1. The number of hydrogen-bond donors (Lipinski definition) is 2. The van der Waals surface area contributed by atoms with E-state index in [9.17, 15) is 14.3 Å². The largest absolute Gasteiger partial charge is 0.494 e. The molecule has 2 N–H and O–H groups in total. The van der Waals surface area contributed by atoms with Crippen LogP contribution in [0.25, 0.3) is 22.2 Å². The highest BCUT2D eigenvalue weighted by Gasteiger charge is 2.40. The number of halogens is 2. The molecule has 4 heterocycles. The van der Waals surface area contributed by atoms with Crippen molar-refractivity contribution in [3.05, 3.63) is 101 Å². The molecule has 0 fully saturated rings. The fourth-order valence-corrected chi connectivity index (χ4v) is 5.45. The van der Waals surface area contributed by atoms with E-state index in [0.717, 1.165) is 10.9 Å². The summed E-state index contributed by atoms with van der Waals surface area (Å²) in [5.74, 6) is 0.0349. The summed E-state index contributed by atoms with van der Waals surface area (Å²) in [7, 11) is 1.52. The number of carbonyl (C=O) groups is 1. The van der Waals surface area contributed by atoms with E-state index < -0.39 is 22.7 Å². The first kappa shape index (κ1) is 28.6. The van der Waals surface area contributed by atoms with E-state index in [1.54, 1.807) is 53.8 Å². The zero-order chi connectivity index (χ0) is 30.4. The summed E-state index contributed by atoms with van der Waals surface area (Å²) in [5.41, 5.74) is 0.977. The Balaban J connectivity index is 1.42. The van der Waals surface area contributed by atoms with Gasteiger partial charge in [0.25, 0.3) is 5.91 Å². The number of ether oxygens (including phenoxy) is 2. The van der Waals surface area contributed by atoms with Crippen molar-refractivity contribution >= 4 is 28.4 Å². The van der Waals surface area contributed by atoms with E-state index >= 15 is 0 Å². The van der Waals surface area contributed by atoms with Crippen molar-refractivity contribution in [3.63, 3.8) is 0 Å². The van der Waals surface area contributed by atoms with E-state index in [4.69, 9.17) is 26.1 Å². The molecule has 0 saturated carbocycles. The summed E-state index contributed by atoms with van der Waals surface area (Å²) in [6.45, 7) is 4.30. The first-order valence-electron chi connectivity index (χ1n) is 13.6. The van der Waals surface area contributed by atoms with Gasteiger partial charge in [0.15, 0.2) is 0 Å². The molecule has 0 bridgehead atoms. The minimum atomic E-state index is -1.69. The molecule has 0 aliphatic carbocycles. The smallest absolute Gasteiger partial charge is 0.251 e. The number of amides is 1. The van der Waals surface area contributed by atoms with Crippen LogP contribution in [0.1, 0.15) is 35.5 Å². The molecule has 5 aromatic rings. The van der Waals surface area contributed by atoms with Gasteiger partial charge in [-0.2, -0.15) is 0 Å². The summed E-state index contributed by atoms with van der Waals surface area (Å²) in [6.07, 6.45) is 6.56. The molecule has 1 aliphatic rings. The van der Waals surface area contributed by atoms with Crippen molar-refractivity contribution in [2.45, 2.75) is 31.4 Å². The third-order valence-corrected chi connectivity index (χ3v) is 7.94. The molecule has 0 spiro atoms. The monoisotopic (exact) mass is 601 g/mol. The number of aliphatic hydroxyl groups is 1. The molecule has 1 aliphatic heterocycles. The number of rotatable bonds is 8. The number of fused-ring (bicyclic) bond motifs is 2. The quantitative estimate of drug-likeness (QED) is 0.249. The summed E-state index contributed by atoms with van der Waals surface area (Å²) in [4.78, 5) is 26.8. The highest BCUT2D eigenvalue weighted by molar-refractivity contribution is 6.31. The van der Waals surface area contributed by atoms with Gasteiger partial charge in [-0.05, 0) is 42.5 Å². The normalized spacial score (nSPS) is 15.0. The lowest BCUT2D eigenvalue weighted by Crippen LogP contribution is -2.44. The summed E-state index contributed by atoms with van der Waals surface area (Å²) in [5, 5.41) is 15.9. The molecule has 0 saturated heterocycles. The Morgan fingerprint density at radius 3 is 2.81 bits per heavy atom. The number of pyridine rings is 2. The second kappa shape index (κ2) is 10.9. The van der Waals surface area contributed by atoms with Crippen LogP contribution in [0.3, 0.4) is 0 Å². The zero-order valence-electron chi connectivity index (χ0n) is 23.8. The van der Waals surface area contributed by atoms with Gasteiger partial charge in [-0.15, -0.1) is 0 Å². The van der Waals surface area contributed by atoms with Gasteiger partial charge in [0.05, 0.1) is 43.9 Å². The number of imidazole rings is 1. The summed E-state index contributed by atoms with van der Waals surface area (Å²) < 4.78 is 27.3. The molecule has 11 heteroatoms. The molecule has 0 radical (unpaired) electrons. The van der Waals surface area contributed by atoms with Crippen LogP contribution in [0, 0.1) is 5.82 Å². The number of hydrogen-bond acceptors (Lipinski definition) is 7. The van der Waals surface area contributed by atoms with Gasteiger partial charge >= 0.3 is 0 Å². The lowest BCUT2D eigenvalue weighted by Gasteiger charge is -2.30. The van der Waals surface area contributed by atoms with Crippen LogP contribution >= 0.6 is 11.6 Å². The van der Waals surface area contributed by atoms with Crippen molar-refractivity contribution in [1.82, 2.24) is 24.8 Å². The maximum absolute atomic E-state index is 14.1. The van der Waals surface area contributed by atoms with Crippen molar-refractivity contribution in [3.8, 4) is 22.8 Å². The minimum Gasteiger partial charge on any atom is -0.494 e. The van der Waals surface area contributed by atoms with E-state index in [-0.39, 0.29) is 18.1 Å². The number of methoxy groups -OCH3 is 1. The number of nitrogens with zero attached hydrogens (tertiary/aromatic N) is 4. The second-order valence-electron chi connectivity index (χ2n) is 11.2. The Kier molecular flexibility index (Phi) is 7.27. The Bertz CT molecular complexity index is 1850. The van der Waals surface area contributed by atoms with Gasteiger partial charge in [-0.1, -0.05) is 31.5 Å². The molecule has 9 nitrogen and oxygen atoms in total. The second-order valence-corrected chi connectivity index (χ2v) is 11.6. The van der Waals surface area contributed by atoms with Gasteiger partial charge in [0, 0.05) is 46.1 Å². The Morgan fingerprint density at radius 1 is 1.23 bits per heavy atom. The predicted molar refractivity (Wildman–Crippen MR) is 160 cm³/mol. The molecule has 1 amide bonds. The fourth-order valence-electron chi connectivity index (χ4n) is 5.27. The van der Waals surface area contributed by atoms with Gasteiger partial charge in [-0.25, -0.2) is 14.4 Å². The molecule has 1 unspecified atom stereocenters. The molecule has 220 valence electrons. The van der Waals surface area contributed by atoms with Crippen LogP contribution in [0.5, 0.6) is 11.5 Å². The van der Waals surface area contributed by atoms with Crippen LogP contribution in [0.2, 0.25) is 5.02 Å². The van der Waals surface area contributed by atoms with E-state index in [1.165, 1.54) is 19.2 Å². The number of aromatic nitrogens is 4. The van der Waals surface area contributed by atoms with Crippen LogP contribution in [-0.2, 0) is 17.6 Å². The highest BCUT2D eigenvalue weighted by Crippen LogP contribution is 2.46. The van der Waals surface area contributed by atoms with Crippen LogP contribution in [-0.4, -0.2) is 50.8 Å². The Hall–Kier alpha value is -4.54. The lowest BCUT2D eigenvalue weighted by atomic mass is 9.84. The summed E-state index contributed by atoms with van der Waals surface area (Å²) in [6, 6.07) is 13.1. The van der Waals surface area contributed by atoms with E-state index in [0.29, 0.717) is 46.1 Å². The maximum Gasteiger partial charge on any atom is 0.251 e. The molecule has 2 aromatic carbocycles. The van der Waals surface area contributed by atoms with E-state index in [2.05, 4.69) is 15.3 Å². The molecular weight excluding hydrogens is 573 g/mol. The third kappa shape index (κ3) is 5.39.